The minimum absolute atomic E-state index is 0.304. The first-order chi connectivity index (χ1) is 12.0. The number of carbonyl (C=O) groups excluding carboxylic acids is 1. The summed E-state index contributed by atoms with van der Waals surface area (Å²) in [6.45, 7) is 2.54. The third-order valence-electron chi connectivity index (χ3n) is 3.41. The molecule has 0 aromatic heterocycles. The molecule has 0 spiro atoms. The molecule has 134 valence electrons. The number of ether oxygens (including phenoxy) is 3. The van der Waals surface area contributed by atoms with Crippen molar-refractivity contribution < 1.29 is 19.0 Å². The fraction of sp³-hybridized carbons (Fsp3) is 0.278. The van der Waals surface area contributed by atoms with Crippen LogP contribution < -0.4 is 24.8 Å². The van der Waals surface area contributed by atoms with Crippen molar-refractivity contribution >= 4 is 23.3 Å². The van der Waals surface area contributed by atoms with Crippen molar-refractivity contribution in [2.75, 3.05) is 32.7 Å². The summed E-state index contributed by atoms with van der Waals surface area (Å²) in [4.78, 5) is 11.9. The molecule has 0 atom stereocenters. The lowest BCUT2D eigenvalue weighted by atomic mass is 10.2. The molecule has 7 heteroatoms. The zero-order chi connectivity index (χ0) is 18.2. The lowest BCUT2D eigenvalue weighted by molar-refractivity contribution is 0.247. The molecule has 0 unspecified atom stereocenters. The molecule has 0 radical (unpaired) electrons. The summed E-state index contributed by atoms with van der Waals surface area (Å²) < 4.78 is 16.0. The summed E-state index contributed by atoms with van der Waals surface area (Å²) in [6, 6.07) is 10.3. The standard InChI is InChI=1S/C18H21ClN2O4/c1-12-4-5-13(8-17(12)19)21-18(22)20-6-7-25-16-10-14(23-2)9-15(11-16)24-3/h4-5,8-11H,6-7H2,1-3H3,(H2,20,21,22). The molecule has 0 fully saturated rings. The van der Waals surface area contributed by atoms with E-state index in [0.717, 1.165) is 5.56 Å². The van der Waals surface area contributed by atoms with Gasteiger partial charge in [0.1, 0.15) is 23.9 Å². The Morgan fingerprint density at radius 2 is 1.68 bits per heavy atom. The highest BCUT2D eigenvalue weighted by atomic mass is 35.5. The fourth-order valence-corrected chi connectivity index (χ4v) is 2.22. The van der Waals surface area contributed by atoms with Gasteiger partial charge in [0.2, 0.25) is 0 Å². The second-order valence-corrected chi connectivity index (χ2v) is 5.65. The predicted molar refractivity (Wildman–Crippen MR) is 98.3 cm³/mol. The maximum atomic E-state index is 11.9. The van der Waals surface area contributed by atoms with Crippen LogP contribution in [0.25, 0.3) is 0 Å². The summed E-state index contributed by atoms with van der Waals surface area (Å²) in [6.07, 6.45) is 0. The summed E-state index contributed by atoms with van der Waals surface area (Å²) in [5.74, 6) is 1.87. The van der Waals surface area contributed by atoms with Crippen LogP contribution in [0.1, 0.15) is 5.56 Å². The second-order valence-electron chi connectivity index (χ2n) is 5.24. The van der Waals surface area contributed by atoms with E-state index in [2.05, 4.69) is 10.6 Å². The Morgan fingerprint density at radius 1 is 1.04 bits per heavy atom. The van der Waals surface area contributed by atoms with Gasteiger partial charge in [-0.1, -0.05) is 17.7 Å². The number of benzene rings is 2. The molecule has 0 saturated heterocycles. The molecule has 25 heavy (non-hydrogen) atoms. The van der Waals surface area contributed by atoms with Crippen molar-refractivity contribution in [2.24, 2.45) is 0 Å². The van der Waals surface area contributed by atoms with Crippen LogP contribution in [0.4, 0.5) is 10.5 Å². The van der Waals surface area contributed by atoms with Crippen molar-refractivity contribution in [2.45, 2.75) is 6.92 Å². The number of methoxy groups -OCH3 is 2. The van der Waals surface area contributed by atoms with E-state index in [1.54, 1.807) is 44.6 Å². The van der Waals surface area contributed by atoms with Crippen LogP contribution >= 0.6 is 11.6 Å². The monoisotopic (exact) mass is 364 g/mol. The highest BCUT2D eigenvalue weighted by molar-refractivity contribution is 6.31. The molecule has 0 bridgehead atoms. The van der Waals surface area contributed by atoms with Crippen LogP contribution in [0.5, 0.6) is 17.2 Å². The quantitative estimate of drug-likeness (QED) is 0.732. The molecule has 0 heterocycles. The van der Waals surface area contributed by atoms with Gasteiger partial charge in [-0.2, -0.15) is 0 Å². The Balaban J connectivity index is 1.78. The summed E-state index contributed by atoms with van der Waals surface area (Å²) in [5.41, 5.74) is 1.58. The molecule has 6 nitrogen and oxygen atoms in total. The molecule has 2 N–H and O–H groups in total. The molecule has 0 aliphatic rings. The van der Waals surface area contributed by atoms with E-state index in [9.17, 15) is 4.79 Å². The van der Waals surface area contributed by atoms with Gasteiger partial charge >= 0.3 is 6.03 Å². The van der Waals surface area contributed by atoms with E-state index >= 15 is 0 Å². The summed E-state index contributed by atoms with van der Waals surface area (Å²) in [5, 5.41) is 6.03. The fourth-order valence-electron chi connectivity index (χ4n) is 2.04. The normalized spacial score (nSPS) is 10.1. The van der Waals surface area contributed by atoms with E-state index in [0.29, 0.717) is 41.1 Å². The molecule has 2 rings (SSSR count). The van der Waals surface area contributed by atoms with Crippen molar-refractivity contribution in [1.29, 1.82) is 0 Å². The zero-order valence-corrected chi connectivity index (χ0v) is 15.1. The van der Waals surface area contributed by atoms with Gasteiger partial charge < -0.3 is 24.8 Å². The van der Waals surface area contributed by atoms with E-state index < -0.39 is 0 Å². The number of carbonyl (C=O) groups is 1. The molecule has 0 aliphatic carbocycles. The van der Waals surface area contributed by atoms with Gasteiger partial charge in [-0.3, -0.25) is 0 Å². The van der Waals surface area contributed by atoms with Crippen molar-refractivity contribution in [1.82, 2.24) is 5.32 Å². The number of rotatable bonds is 7. The van der Waals surface area contributed by atoms with Gasteiger partial charge in [-0.05, 0) is 24.6 Å². The van der Waals surface area contributed by atoms with Crippen LogP contribution in [0, 0.1) is 6.92 Å². The zero-order valence-electron chi connectivity index (χ0n) is 14.4. The number of nitrogens with one attached hydrogen (secondary N) is 2. The number of halogens is 1. The van der Waals surface area contributed by atoms with Gasteiger partial charge in [0.05, 0.1) is 20.8 Å². The Bertz CT molecular complexity index is 715. The first-order valence-corrected chi connectivity index (χ1v) is 8.06. The third kappa shape index (κ3) is 5.76. The van der Waals surface area contributed by atoms with Gasteiger partial charge in [0, 0.05) is 28.9 Å². The van der Waals surface area contributed by atoms with E-state index in [1.165, 1.54) is 0 Å². The first-order valence-electron chi connectivity index (χ1n) is 7.68. The lowest BCUT2D eigenvalue weighted by Crippen LogP contribution is -2.32. The van der Waals surface area contributed by atoms with Crippen LogP contribution in [0.2, 0.25) is 5.02 Å². The maximum Gasteiger partial charge on any atom is 0.319 e. The van der Waals surface area contributed by atoms with Crippen LogP contribution in [0.3, 0.4) is 0 Å². The van der Waals surface area contributed by atoms with Crippen LogP contribution in [0.15, 0.2) is 36.4 Å². The number of hydrogen-bond acceptors (Lipinski definition) is 4. The number of hydrogen-bond donors (Lipinski definition) is 2. The molecule has 2 aromatic carbocycles. The Morgan fingerprint density at radius 3 is 2.28 bits per heavy atom. The number of anilines is 1. The van der Waals surface area contributed by atoms with Gasteiger partial charge in [-0.25, -0.2) is 4.79 Å². The largest absolute Gasteiger partial charge is 0.496 e. The van der Waals surface area contributed by atoms with Crippen LogP contribution in [-0.4, -0.2) is 33.4 Å². The highest BCUT2D eigenvalue weighted by Gasteiger charge is 2.05. The number of urea groups is 1. The lowest BCUT2D eigenvalue weighted by Gasteiger charge is -2.11. The average Bonchev–Trinajstić information content (AvgIpc) is 2.61. The second kappa shape index (κ2) is 9.03. The van der Waals surface area contributed by atoms with Crippen molar-refractivity contribution in [3.05, 3.63) is 47.0 Å². The molecule has 2 amide bonds. The van der Waals surface area contributed by atoms with Gasteiger partial charge in [0.25, 0.3) is 0 Å². The third-order valence-corrected chi connectivity index (χ3v) is 3.82. The van der Waals surface area contributed by atoms with Crippen LogP contribution in [-0.2, 0) is 0 Å². The maximum absolute atomic E-state index is 11.9. The first kappa shape index (κ1) is 18.7. The molecular formula is C18H21ClN2O4. The Kier molecular flexibility index (Phi) is 6.77. The summed E-state index contributed by atoms with van der Waals surface area (Å²) >= 11 is 6.03. The molecule has 0 saturated carbocycles. The minimum atomic E-state index is -0.327. The predicted octanol–water partition coefficient (Wildman–Crippen LogP) is 3.87. The number of aryl methyl sites for hydroxylation is 1. The van der Waals surface area contributed by atoms with Crippen molar-refractivity contribution in [3.8, 4) is 17.2 Å². The molecular weight excluding hydrogens is 344 g/mol. The topological polar surface area (TPSA) is 68.8 Å². The Labute approximate surface area is 152 Å². The summed E-state index contributed by atoms with van der Waals surface area (Å²) in [7, 11) is 3.14. The molecule has 2 aromatic rings. The SMILES string of the molecule is COc1cc(OC)cc(OCCNC(=O)Nc2ccc(C)c(Cl)c2)c1. The number of amides is 2. The smallest absolute Gasteiger partial charge is 0.319 e. The van der Waals surface area contributed by atoms with Crippen molar-refractivity contribution in [3.63, 3.8) is 0 Å². The highest BCUT2D eigenvalue weighted by Crippen LogP contribution is 2.27. The van der Waals surface area contributed by atoms with E-state index in [4.69, 9.17) is 25.8 Å². The van der Waals surface area contributed by atoms with E-state index in [-0.39, 0.29) is 6.03 Å². The molecule has 0 aliphatic heterocycles. The van der Waals surface area contributed by atoms with Gasteiger partial charge in [0.15, 0.2) is 0 Å². The minimum Gasteiger partial charge on any atom is -0.496 e. The Hall–Kier alpha value is -2.60. The van der Waals surface area contributed by atoms with E-state index in [1.807, 2.05) is 13.0 Å². The van der Waals surface area contributed by atoms with Gasteiger partial charge in [-0.15, -0.1) is 0 Å². The average molecular weight is 365 g/mol.